The van der Waals surface area contributed by atoms with Crippen LogP contribution in [0.5, 0.6) is 5.75 Å². The molecule has 170 valence electrons. The van der Waals surface area contributed by atoms with E-state index in [1.54, 1.807) is 29.2 Å². The van der Waals surface area contributed by atoms with Crippen molar-refractivity contribution in [3.8, 4) is 5.75 Å². The normalized spacial score (nSPS) is 10.9. The molecular weight excluding hydrogens is 414 g/mol. The predicted octanol–water partition coefficient (Wildman–Crippen LogP) is 4.37. The highest BCUT2D eigenvalue weighted by Crippen LogP contribution is 2.16. The van der Waals surface area contributed by atoms with Crippen molar-refractivity contribution in [3.63, 3.8) is 0 Å². The average Bonchev–Trinajstić information content (AvgIpc) is 3.13. The predicted molar refractivity (Wildman–Crippen MR) is 124 cm³/mol. The Labute approximate surface area is 190 Å². The SMILES string of the molecule is CCCCN(CC(=O)N(Cc1cccn1C)CC(C)C)C(=O)COc1ccc(Cl)cc1. The Bertz CT molecular complexity index is 833. The maximum absolute atomic E-state index is 13.2. The van der Waals surface area contributed by atoms with E-state index in [-0.39, 0.29) is 25.0 Å². The van der Waals surface area contributed by atoms with Crippen molar-refractivity contribution in [1.82, 2.24) is 14.4 Å². The van der Waals surface area contributed by atoms with E-state index in [0.29, 0.717) is 36.3 Å². The molecule has 0 N–H and O–H groups in total. The van der Waals surface area contributed by atoms with Gasteiger partial charge in [0.1, 0.15) is 5.75 Å². The topological polar surface area (TPSA) is 54.8 Å². The molecule has 0 saturated carbocycles. The average molecular weight is 448 g/mol. The van der Waals surface area contributed by atoms with Crippen molar-refractivity contribution >= 4 is 23.4 Å². The molecule has 0 aliphatic carbocycles. The minimum absolute atomic E-state index is 0.0501. The molecule has 1 aromatic heterocycles. The molecule has 0 unspecified atom stereocenters. The van der Waals surface area contributed by atoms with Crippen LogP contribution in [-0.2, 0) is 23.2 Å². The summed E-state index contributed by atoms with van der Waals surface area (Å²) < 4.78 is 7.63. The van der Waals surface area contributed by atoms with E-state index in [1.165, 1.54) is 0 Å². The number of amides is 2. The second-order valence-corrected chi connectivity index (χ2v) is 8.63. The highest BCUT2D eigenvalue weighted by Gasteiger charge is 2.22. The number of unbranched alkanes of at least 4 members (excludes halogenated alkanes) is 1. The highest BCUT2D eigenvalue weighted by molar-refractivity contribution is 6.30. The number of nitrogens with zero attached hydrogens (tertiary/aromatic N) is 3. The van der Waals surface area contributed by atoms with Gasteiger partial charge in [0.05, 0.1) is 13.1 Å². The molecular formula is C24H34ClN3O3. The maximum atomic E-state index is 13.2. The number of carbonyl (C=O) groups is 2. The van der Waals surface area contributed by atoms with Gasteiger partial charge in [0.15, 0.2) is 6.61 Å². The molecule has 0 aliphatic heterocycles. The van der Waals surface area contributed by atoms with Crippen LogP contribution in [0.25, 0.3) is 0 Å². The first-order chi connectivity index (χ1) is 14.8. The summed E-state index contributed by atoms with van der Waals surface area (Å²) in [4.78, 5) is 29.5. The van der Waals surface area contributed by atoms with Gasteiger partial charge in [-0.2, -0.15) is 0 Å². The second kappa shape index (κ2) is 12.4. The molecule has 6 nitrogen and oxygen atoms in total. The van der Waals surface area contributed by atoms with Gasteiger partial charge in [0, 0.05) is 37.1 Å². The Kier molecular flexibility index (Phi) is 9.92. The molecule has 0 spiro atoms. The zero-order valence-electron chi connectivity index (χ0n) is 19.0. The zero-order chi connectivity index (χ0) is 22.8. The van der Waals surface area contributed by atoms with Gasteiger partial charge in [-0.25, -0.2) is 0 Å². The molecule has 0 atom stereocenters. The van der Waals surface area contributed by atoms with Crippen molar-refractivity contribution in [1.29, 1.82) is 0 Å². The van der Waals surface area contributed by atoms with Gasteiger partial charge >= 0.3 is 0 Å². The summed E-state index contributed by atoms with van der Waals surface area (Å²) in [5, 5.41) is 0.609. The lowest BCUT2D eigenvalue weighted by atomic mass is 10.2. The quantitative estimate of drug-likeness (QED) is 0.485. The van der Waals surface area contributed by atoms with Gasteiger partial charge < -0.3 is 19.1 Å². The third-order valence-electron chi connectivity index (χ3n) is 4.98. The lowest BCUT2D eigenvalue weighted by Crippen LogP contribution is -2.45. The van der Waals surface area contributed by atoms with Gasteiger partial charge in [-0.05, 0) is 48.7 Å². The van der Waals surface area contributed by atoms with Gasteiger partial charge in [0.25, 0.3) is 5.91 Å². The van der Waals surface area contributed by atoms with E-state index in [4.69, 9.17) is 16.3 Å². The molecule has 0 radical (unpaired) electrons. The van der Waals surface area contributed by atoms with E-state index < -0.39 is 0 Å². The minimum Gasteiger partial charge on any atom is -0.484 e. The second-order valence-electron chi connectivity index (χ2n) is 8.19. The summed E-state index contributed by atoms with van der Waals surface area (Å²) in [7, 11) is 1.97. The van der Waals surface area contributed by atoms with Crippen LogP contribution in [0, 0.1) is 5.92 Å². The Morgan fingerprint density at radius 1 is 1.10 bits per heavy atom. The molecule has 0 fully saturated rings. The van der Waals surface area contributed by atoms with Crippen LogP contribution in [0.15, 0.2) is 42.6 Å². The minimum atomic E-state index is -0.194. The van der Waals surface area contributed by atoms with Gasteiger partial charge in [-0.15, -0.1) is 0 Å². The van der Waals surface area contributed by atoms with Crippen LogP contribution in [0.3, 0.4) is 0 Å². The van der Waals surface area contributed by atoms with E-state index in [2.05, 4.69) is 20.8 Å². The van der Waals surface area contributed by atoms with E-state index in [0.717, 1.165) is 18.5 Å². The number of aromatic nitrogens is 1. The number of rotatable bonds is 12. The summed E-state index contributed by atoms with van der Waals surface area (Å²) in [5.41, 5.74) is 1.06. The lowest BCUT2D eigenvalue weighted by Gasteiger charge is -2.29. The van der Waals surface area contributed by atoms with Crippen molar-refractivity contribution < 1.29 is 14.3 Å². The molecule has 0 aliphatic rings. The van der Waals surface area contributed by atoms with Crippen molar-refractivity contribution in [2.45, 2.75) is 40.2 Å². The van der Waals surface area contributed by atoms with Crippen molar-refractivity contribution in [2.24, 2.45) is 13.0 Å². The maximum Gasteiger partial charge on any atom is 0.260 e. The van der Waals surface area contributed by atoms with Crippen LogP contribution >= 0.6 is 11.6 Å². The van der Waals surface area contributed by atoms with Crippen LogP contribution in [0.2, 0.25) is 5.02 Å². The summed E-state index contributed by atoms with van der Waals surface area (Å²) in [6.45, 7) is 7.88. The standard InChI is InChI=1S/C24H34ClN3O3/c1-5-6-14-27(24(30)18-31-22-11-9-20(25)10-12-22)17-23(29)28(15-19(2)3)16-21-8-7-13-26(21)4/h7-13,19H,5-6,14-18H2,1-4H3. The smallest absolute Gasteiger partial charge is 0.260 e. The summed E-state index contributed by atoms with van der Waals surface area (Å²) in [5.74, 6) is 0.660. The number of carbonyl (C=O) groups excluding carboxylic acids is 2. The van der Waals surface area contributed by atoms with Crippen LogP contribution in [-0.4, -0.2) is 52.4 Å². The third kappa shape index (κ3) is 8.29. The Balaban J connectivity index is 2.04. The number of benzene rings is 1. The Hall–Kier alpha value is -2.47. The molecule has 1 aromatic carbocycles. The molecule has 1 heterocycles. The molecule has 2 amide bonds. The van der Waals surface area contributed by atoms with Crippen molar-refractivity contribution in [3.05, 3.63) is 53.3 Å². The molecule has 0 saturated heterocycles. The molecule has 31 heavy (non-hydrogen) atoms. The summed E-state index contributed by atoms with van der Waals surface area (Å²) in [6, 6.07) is 10.9. The number of hydrogen-bond acceptors (Lipinski definition) is 3. The first-order valence-electron chi connectivity index (χ1n) is 10.8. The number of ether oxygens (including phenoxy) is 1. The third-order valence-corrected chi connectivity index (χ3v) is 5.23. The van der Waals surface area contributed by atoms with Crippen LogP contribution in [0.4, 0.5) is 0 Å². The highest BCUT2D eigenvalue weighted by atomic mass is 35.5. The number of hydrogen-bond donors (Lipinski definition) is 0. The molecule has 0 bridgehead atoms. The van der Waals surface area contributed by atoms with E-state index in [9.17, 15) is 9.59 Å². The summed E-state index contributed by atoms with van der Waals surface area (Å²) >= 11 is 5.89. The fourth-order valence-electron chi connectivity index (χ4n) is 3.22. The van der Waals surface area contributed by atoms with Crippen LogP contribution in [0.1, 0.15) is 39.3 Å². The fraction of sp³-hybridized carbons (Fsp3) is 0.500. The van der Waals surface area contributed by atoms with E-state index in [1.807, 2.05) is 34.8 Å². The van der Waals surface area contributed by atoms with Gasteiger partial charge in [-0.3, -0.25) is 9.59 Å². The Morgan fingerprint density at radius 3 is 2.39 bits per heavy atom. The summed E-state index contributed by atoms with van der Waals surface area (Å²) in [6.07, 6.45) is 3.75. The molecule has 2 rings (SSSR count). The monoisotopic (exact) mass is 447 g/mol. The van der Waals surface area contributed by atoms with Gasteiger partial charge in [-0.1, -0.05) is 38.8 Å². The van der Waals surface area contributed by atoms with Crippen molar-refractivity contribution in [2.75, 3.05) is 26.2 Å². The lowest BCUT2D eigenvalue weighted by molar-refractivity contribution is -0.142. The van der Waals surface area contributed by atoms with Gasteiger partial charge in [0.2, 0.25) is 5.91 Å². The zero-order valence-corrected chi connectivity index (χ0v) is 19.8. The first kappa shape index (κ1) is 24.8. The number of aryl methyl sites for hydroxylation is 1. The van der Waals surface area contributed by atoms with E-state index >= 15 is 0 Å². The van der Waals surface area contributed by atoms with Crippen LogP contribution < -0.4 is 4.74 Å². The Morgan fingerprint density at radius 2 is 1.81 bits per heavy atom. The fourth-order valence-corrected chi connectivity index (χ4v) is 3.35. The first-order valence-corrected chi connectivity index (χ1v) is 11.2. The largest absolute Gasteiger partial charge is 0.484 e. The molecule has 7 heteroatoms. The number of halogens is 1. The molecule has 2 aromatic rings.